The van der Waals surface area contributed by atoms with Gasteiger partial charge in [0.1, 0.15) is 11.6 Å². The van der Waals surface area contributed by atoms with E-state index in [4.69, 9.17) is 5.73 Å². The second-order valence-electron chi connectivity index (χ2n) is 5.03. The summed E-state index contributed by atoms with van der Waals surface area (Å²) in [6.45, 7) is 3.93. The van der Waals surface area contributed by atoms with Crippen LogP contribution in [0.3, 0.4) is 0 Å². The van der Waals surface area contributed by atoms with Crippen LogP contribution in [-0.2, 0) is 15.6 Å². The van der Waals surface area contributed by atoms with Gasteiger partial charge in [-0.15, -0.1) is 0 Å². The quantitative estimate of drug-likeness (QED) is 0.821. The summed E-state index contributed by atoms with van der Waals surface area (Å²) < 4.78 is 24.1. The van der Waals surface area contributed by atoms with Crippen molar-refractivity contribution in [2.24, 2.45) is 5.92 Å². The number of nitrogens with one attached hydrogen (secondary N) is 1. The molecule has 3 N–H and O–H groups in total. The monoisotopic (exact) mass is 281 g/mol. The fraction of sp³-hybridized carbons (Fsp3) is 0.462. The van der Waals surface area contributed by atoms with Gasteiger partial charge in [0, 0.05) is 5.69 Å². The smallest absolute Gasteiger partial charge is 0.157 e. The van der Waals surface area contributed by atoms with Crippen molar-refractivity contribution in [2.45, 2.75) is 26.0 Å². The zero-order valence-corrected chi connectivity index (χ0v) is 12.0. The summed E-state index contributed by atoms with van der Waals surface area (Å²) >= 11 is 0. The summed E-state index contributed by atoms with van der Waals surface area (Å²) in [7, 11) is -3.13. The van der Waals surface area contributed by atoms with Crippen LogP contribution in [0.5, 0.6) is 0 Å². The second kappa shape index (κ2) is 5.21. The lowest BCUT2D eigenvalue weighted by atomic mass is 10.2. The number of rotatable bonds is 5. The molecule has 6 heteroatoms. The molecule has 0 aliphatic heterocycles. The Kier molecular flexibility index (Phi) is 3.80. The standard InChI is InChI=1S/C13H19N3O2S/c1-3-9(2)7-19(17,18)8-13-15-11-5-4-10(14)6-12(11)16-13/h4-6,9H,3,7-8,14H2,1-2H3,(H,15,16). The highest BCUT2D eigenvalue weighted by Gasteiger charge is 2.17. The van der Waals surface area contributed by atoms with Crippen molar-refractivity contribution >= 4 is 26.6 Å². The Labute approximate surface area is 113 Å². The predicted octanol–water partition coefficient (Wildman–Crippen LogP) is 2.11. The van der Waals surface area contributed by atoms with Gasteiger partial charge in [-0.1, -0.05) is 20.3 Å². The van der Waals surface area contributed by atoms with Crippen LogP contribution in [0.4, 0.5) is 5.69 Å². The first-order valence-corrected chi connectivity index (χ1v) is 8.16. The number of sulfone groups is 1. The number of nitrogens with zero attached hydrogens (tertiary/aromatic N) is 1. The minimum absolute atomic E-state index is 0.0497. The molecule has 0 saturated carbocycles. The number of imidazole rings is 1. The van der Waals surface area contributed by atoms with Gasteiger partial charge in [-0.2, -0.15) is 0 Å². The summed E-state index contributed by atoms with van der Waals surface area (Å²) in [6.07, 6.45) is 0.857. The maximum absolute atomic E-state index is 12.0. The first-order chi connectivity index (χ1) is 8.89. The Balaban J connectivity index is 2.21. The molecule has 1 aromatic heterocycles. The lowest BCUT2D eigenvalue weighted by Gasteiger charge is -2.07. The number of nitrogens with two attached hydrogens (primary N) is 1. The fourth-order valence-corrected chi connectivity index (χ4v) is 3.74. The molecule has 1 unspecified atom stereocenters. The zero-order valence-electron chi connectivity index (χ0n) is 11.2. The van der Waals surface area contributed by atoms with Crippen molar-refractivity contribution in [2.75, 3.05) is 11.5 Å². The molecule has 2 aromatic rings. The summed E-state index contributed by atoms with van der Waals surface area (Å²) in [6, 6.07) is 5.29. The lowest BCUT2D eigenvalue weighted by Crippen LogP contribution is -2.15. The van der Waals surface area contributed by atoms with Crippen LogP contribution >= 0.6 is 0 Å². The van der Waals surface area contributed by atoms with E-state index in [1.54, 1.807) is 18.2 Å². The summed E-state index contributed by atoms with van der Waals surface area (Å²) in [5.41, 5.74) is 7.82. The third-order valence-electron chi connectivity index (χ3n) is 3.15. The number of hydrogen-bond acceptors (Lipinski definition) is 4. The third-order valence-corrected chi connectivity index (χ3v) is 4.94. The molecule has 0 aliphatic rings. The van der Waals surface area contributed by atoms with E-state index in [0.29, 0.717) is 11.5 Å². The molecule has 104 valence electrons. The Morgan fingerprint density at radius 1 is 1.42 bits per heavy atom. The topological polar surface area (TPSA) is 88.8 Å². The molecule has 0 amide bonds. The normalized spacial score (nSPS) is 13.8. The minimum atomic E-state index is -3.13. The van der Waals surface area contributed by atoms with Gasteiger partial charge in [0.05, 0.1) is 16.8 Å². The van der Waals surface area contributed by atoms with Crippen LogP contribution in [0.15, 0.2) is 18.2 Å². The maximum atomic E-state index is 12.0. The predicted molar refractivity (Wildman–Crippen MR) is 77.5 cm³/mol. The molecule has 0 spiro atoms. The molecular weight excluding hydrogens is 262 g/mol. The maximum Gasteiger partial charge on any atom is 0.157 e. The molecular formula is C13H19N3O2S. The fourth-order valence-electron chi connectivity index (χ4n) is 1.97. The molecule has 0 aliphatic carbocycles. The van der Waals surface area contributed by atoms with E-state index < -0.39 is 9.84 Å². The van der Waals surface area contributed by atoms with Crippen molar-refractivity contribution in [1.29, 1.82) is 0 Å². The number of H-pyrrole nitrogens is 1. The van der Waals surface area contributed by atoms with Crippen molar-refractivity contribution in [3.05, 3.63) is 24.0 Å². The Bertz CT molecular complexity index is 676. The molecule has 19 heavy (non-hydrogen) atoms. The third kappa shape index (κ3) is 3.47. The zero-order chi connectivity index (χ0) is 14.0. The van der Waals surface area contributed by atoms with Crippen molar-refractivity contribution < 1.29 is 8.42 Å². The number of nitrogen functional groups attached to an aromatic ring is 1. The van der Waals surface area contributed by atoms with Crippen molar-refractivity contribution in [1.82, 2.24) is 9.97 Å². The van der Waals surface area contributed by atoms with Crippen LogP contribution in [0, 0.1) is 5.92 Å². The Hall–Kier alpha value is -1.56. The first kappa shape index (κ1) is 13.9. The number of fused-ring (bicyclic) bond motifs is 1. The van der Waals surface area contributed by atoms with Crippen molar-refractivity contribution in [3.8, 4) is 0 Å². The molecule has 2 rings (SSSR count). The Morgan fingerprint density at radius 2 is 2.16 bits per heavy atom. The van der Waals surface area contributed by atoms with Crippen LogP contribution in [-0.4, -0.2) is 24.1 Å². The average molecular weight is 281 g/mol. The lowest BCUT2D eigenvalue weighted by molar-refractivity contribution is 0.562. The summed E-state index contributed by atoms with van der Waals surface area (Å²) in [5, 5.41) is 0. The highest BCUT2D eigenvalue weighted by Crippen LogP contribution is 2.17. The highest BCUT2D eigenvalue weighted by atomic mass is 32.2. The molecule has 1 atom stereocenters. The number of aromatic amines is 1. The van der Waals surface area contributed by atoms with Crippen LogP contribution in [0.2, 0.25) is 0 Å². The number of hydrogen-bond donors (Lipinski definition) is 2. The molecule has 1 aromatic carbocycles. The second-order valence-corrected chi connectivity index (χ2v) is 7.14. The average Bonchev–Trinajstić information content (AvgIpc) is 2.68. The molecule has 0 saturated heterocycles. The number of anilines is 1. The highest BCUT2D eigenvalue weighted by molar-refractivity contribution is 7.90. The number of aromatic nitrogens is 2. The van der Waals surface area contributed by atoms with E-state index in [2.05, 4.69) is 9.97 Å². The van der Waals surface area contributed by atoms with Gasteiger partial charge < -0.3 is 10.7 Å². The summed E-state index contributed by atoms with van der Waals surface area (Å²) in [5.74, 6) is 0.795. The van der Waals surface area contributed by atoms with E-state index in [9.17, 15) is 8.42 Å². The van der Waals surface area contributed by atoms with E-state index in [1.165, 1.54) is 0 Å². The molecule has 0 bridgehead atoms. The van der Waals surface area contributed by atoms with Crippen molar-refractivity contribution in [3.63, 3.8) is 0 Å². The van der Waals surface area contributed by atoms with Crippen LogP contribution < -0.4 is 5.73 Å². The van der Waals surface area contributed by atoms with Gasteiger partial charge in [-0.05, 0) is 24.1 Å². The van der Waals surface area contributed by atoms with Gasteiger partial charge in [-0.25, -0.2) is 13.4 Å². The van der Waals surface area contributed by atoms with E-state index >= 15 is 0 Å². The van der Waals surface area contributed by atoms with Crippen LogP contribution in [0.1, 0.15) is 26.1 Å². The Morgan fingerprint density at radius 3 is 2.84 bits per heavy atom. The SMILES string of the molecule is CCC(C)CS(=O)(=O)Cc1nc2ccc(N)cc2[nH]1. The van der Waals surface area contributed by atoms with Gasteiger partial charge in [0.25, 0.3) is 0 Å². The van der Waals surface area contributed by atoms with E-state index in [-0.39, 0.29) is 17.4 Å². The van der Waals surface area contributed by atoms with Gasteiger partial charge in [-0.3, -0.25) is 0 Å². The van der Waals surface area contributed by atoms with Gasteiger partial charge in [0.2, 0.25) is 0 Å². The van der Waals surface area contributed by atoms with Gasteiger partial charge >= 0.3 is 0 Å². The van der Waals surface area contributed by atoms with E-state index in [0.717, 1.165) is 17.5 Å². The minimum Gasteiger partial charge on any atom is -0.399 e. The molecule has 0 radical (unpaired) electrons. The molecule has 5 nitrogen and oxygen atoms in total. The van der Waals surface area contributed by atoms with Crippen LogP contribution in [0.25, 0.3) is 11.0 Å². The number of benzene rings is 1. The first-order valence-electron chi connectivity index (χ1n) is 6.34. The molecule has 1 heterocycles. The largest absolute Gasteiger partial charge is 0.399 e. The molecule has 0 fully saturated rings. The van der Waals surface area contributed by atoms with E-state index in [1.807, 2.05) is 13.8 Å². The van der Waals surface area contributed by atoms with Gasteiger partial charge in [0.15, 0.2) is 9.84 Å². The summed E-state index contributed by atoms with van der Waals surface area (Å²) in [4.78, 5) is 7.30.